The predicted molar refractivity (Wildman–Crippen MR) is 76.1 cm³/mol. The molecule has 0 saturated heterocycles. The van der Waals surface area contributed by atoms with E-state index in [4.69, 9.17) is 11.5 Å². The Balaban J connectivity index is 2.18. The zero-order valence-electron chi connectivity index (χ0n) is 11.6. The number of nitrogens with zero attached hydrogens (tertiary/aromatic N) is 2. The second-order valence-electron chi connectivity index (χ2n) is 5.40. The van der Waals surface area contributed by atoms with Gasteiger partial charge in [-0.25, -0.2) is 4.98 Å². The molecule has 104 valence electrons. The van der Waals surface area contributed by atoms with E-state index in [2.05, 4.69) is 9.88 Å². The summed E-state index contributed by atoms with van der Waals surface area (Å²) in [7, 11) is 2.02. The minimum atomic E-state index is -0.411. The van der Waals surface area contributed by atoms with Gasteiger partial charge in [-0.15, -0.1) is 0 Å². The highest BCUT2D eigenvalue weighted by atomic mass is 16.1. The topological polar surface area (TPSA) is 85.2 Å². The number of pyridine rings is 1. The number of primary amides is 1. The molecule has 0 bridgehead atoms. The molecule has 1 aromatic rings. The van der Waals surface area contributed by atoms with Crippen molar-refractivity contribution in [1.29, 1.82) is 0 Å². The van der Waals surface area contributed by atoms with E-state index < -0.39 is 5.91 Å². The Labute approximate surface area is 114 Å². The number of anilines is 1. The van der Waals surface area contributed by atoms with Crippen LogP contribution in [0.25, 0.3) is 0 Å². The summed E-state index contributed by atoms with van der Waals surface area (Å²) in [4.78, 5) is 17.9. The molecule has 1 amide bonds. The summed E-state index contributed by atoms with van der Waals surface area (Å²) in [5.41, 5.74) is 12.6. The fourth-order valence-electron chi connectivity index (χ4n) is 2.65. The number of rotatable bonds is 3. The number of aryl methyl sites for hydroxylation is 1. The fraction of sp³-hybridized carbons (Fsp3) is 0.571. The van der Waals surface area contributed by atoms with Crippen molar-refractivity contribution in [2.75, 3.05) is 11.9 Å². The van der Waals surface area contributed by atoms with Gasteiger partial charge in [0.05, 0.1) is 0 Å². The van der Waals surface area contributed by atoms with E-state index in [-0.39, 0.29) is 0 Å². The van der Waals surface area contributed by atoms with Crippen LogP contribution in [-0.2, 0) is 0 Å². The van der Waals surface area contributed by atoms with Crippen molar-refractivity contribution in [3.63, 3.8) is 0 Å². The van der Waals surface area contributed by atoms with Gasteiger partial charge < -0.3 is 16.4 Å². The summed E-state index contributed by atoms with van der Waals surface area (Å²) in [6, 6.07) is 4.26. The first kappa shape index (κ1) is 13.8. The highest BCUT2D eigenvalue weighted by molar-refractivity contribution is 5.93. The molecule has 1 saturated carbocycles. The third-order valence-corrected chi connectivity index (χ3v) is 3.87. The van der Waals surface area contributed by atoms with Crippen molar-refractivity contribution in [2.24, 2.45) is 11.5 Å². The van der Waals surface area contributed by atoms with Gasteiger partial charge in [0.2, 0.25) is 5.91 Å². The number of aromatic nitrogens is 1. The minimum absolute atomic E-state index is 0.330. The van der Waals surface area contributed by atoms with E-state index in [1.54, 1.807) is 12.1 Å². The van der Waals surface area contributed by atoms with E-state index in [0.717, 1.165) is 37.2 Å². The highest BCUT2D eigenvalue weighted by Gasteiger charge is 2.23. The lowest BCUT2D eigenvalue weighted by Crippen LogP contribution is -2.39. The molecule has 1 heterocycles. The van der Waals surface area contributed by atoms with Crippen molar-refractivity contribution in [1.82, 2.24) is 4.98 Å². The second-order valence-corrected chi connectivity index (χ2v) is 5.40. The average Bonchev–Trinajstić information content (AvgIpc) is 2.38. The summed E-state index contributed by atoms with van der Waals surface area (Å²) < 4.78 is 0. The Bertz CT molecular complexity index is 467. The summed E-state index contributed by atoms with van der Waals surface area (Å²) >= 11 is 0. The van der Waals surface area contributed by atoms with Crippen LogP contribution in [0.4, 0.5) is 5.82 Å². The van der Waals surface area contributed by atoms with Gasteiger partial charge in [0.25, 0.3) is 0 Å². The lowest BCUT2D eigenvalue weighted by molar-refractivity contribution is 0.1000. The first-order valence-electron chi connectivity index (χ1n) is 6.74. The van der Waals surface area contributed by atoms with Crippen molar-refractivity contribution in [3.8, 4) is 0 Å². The first-order valence-corrected chi connectivity index (χ1v) is 6.74. The number of hydrogen-bond acceptors (Lipinski definition) is 4. The lowest BCUT2D eigenvalue weighted by Gasteiger charge is -2.34. The van der Waals surface area contributed by atoms with Gasteiger partial charge in [-0.05, 0) is 44.7 Å². The summed E-state index contributed by atoms with van der Waals surface area (Å²) in [5.74, 6) is 0.403. The molecule has 1 fully saturated rings. The van der Waals surface area contributed by atoms with E-state index in [0.29, 0.717) is 17.6 Å². The zero-order valence-corrected chi connectivity index (χ0v) is 11.6. The monoisotopic (exact) mass is 262 g/mol. The van der Waals surface area contributed by atoms with Crippen LogP contribution >= 0.6 is 0 Å². The summed E-state index contributed by atoms with van der Waals surface area (Å²) in [5, 5.41) is 0. The van der Waals surface area contributed by atoms with Crippen LogP contribution in [0.3, 0.4) is 0 Å². The Hall–Kier alpha value is -1.62. The van der Waals surface area contributed by atoms with Gasteiger partial charge in [-0.2, -0.15) is 0 Å². The standard InChI is InChI=1S/C14H22N4O/c1-9-7-10(14(16)19)8-13(17-9)18(2)12-5-3-11(15)4-6-12/h7-8,11-12H,3-6,15H2,1-2H3,(H2,16,19). The number of carbonyl (C=O) groups is 1. The normalized spacial score (nSPS) is 23.1. The van der Waals surface area contributed by atoms with Gasteiger partial charge in [-0.1, -0.05) is 0 Å². The molecule has 0 aliphatic heterocycles. The molecule has 19 heavy (non-hydrogen) atoms. The van der Waals surface area contributed by atoms with Crippen molar-refractivity contribution in [2.45, 2.75) is 44.7 Å². The summed E-state index contributed by atoms with van der Waals surface area (Å²) in [6.45, 7) is 1.88. The van der Waals surface area contributed by atoms with E-state index in [1.165, 1.54) is 0 Å². The fourth-order valence-corrected chi connectivity index (χ4v) is 2.65. The number of carbonyl (C=O) groups excluding carboxylic acids is 1. The van der Waals surface area contributed by atoms with Crippen molar-refractivity contribution in [3.05, 3.63) is 23.4 Å². The molecule has 2 rings (SSSR count). The molecule has 0 spiro atoms. The van der Waals surface area contributed by atoms with Crippen molar-refractivity contribution >= 4 is 11.7 Å². The molecule has 5 heteroatoms. The van der Waals surface area contributed by atoms with E-state index in [1.807, 2.05) is 14.0 Å². The molecule has 5 nitrogen and oxygen atoms in total. The van der Waals surface area contributed by atoms with Crippen LogP contribution in [-0.4, -0.2) is 30.0 Å². The second kappa shape index (κ2) is 5.57. The van der Waals surface area contributed by atoms with Crippen LogP contribution in [0, 0.1) is 6.92 Å². The molecule has 1 aliphatic rings. The Morgan fingerprint density at radius 2 is 1.95 bits per heavy atom. The number of nitrogens with two attached hydrogens (primary N) is 2. The smallest absolute Gasteiger partial charge is 0.248 e. The third kappa shape index (κ3) is 3.23. The van der Waals surface area contributed by atoms with Crippen LogP contribution in [0.2, 0.25) is 0 Å². The minimum Gasteiger partial charge on any atom is -0.366 e. The summed E-state index contributed by atoms with van der Waals surface area (Å²) in [6.07, 6.45) is 4.23. The molecule has 1 aromatic heterocycles. The molecular formula is C14H22N4O. The van der Waals surface area contributed by atoms with Gasteiger partial charge in [-0.3, -0.25) is 4.79 Å². The van der Waals surface area contributed by atoms with Crippen molar-refractivity contribution < 1.29 is 4.79 Å². The molecule has 0 unspecified atom stereocenters. The molecular weight excluding hydrogens is 240 g/mol. The van der Waals surface area contributed by atoms with Crippen LogP contribution in [0.15, 0.2) is 12.1 Å². The number of hydrogen-bond donors (Lipinski definition) is 2. The van der Waals surface area contributed by atoms with Crippen LogP contribution in [0.5, 0.6) is 0 Å². The van der Waals surface area contributed by atoms with Gasteiger partial charge in [0, 0.05) is 30.4 Å². The zero-order chi connectivity index (χ0) is 14.0. The maximum Gasteiger partial charge on any atom is 0.248 e. The SMILES string of the molecule is Cc1cc(C(N)=O)cc(N(C)C2CCC(N)CC2)n1. The van der Waals surface area contributed by atoms with Gasteiger partial charge >= 0.3 is 0 Å². The maximum atomic E-state index is 11.3. The first-order chi connectivity index (χ1) is 8.97. The predicted octanol–water partition coefficient (Wildman–Crippen LogP) is 1.20. The highest BCUT2D eigenvalue weighted by Crippen LogP contribution is 2.25. The van der Waals surface area contributed by atoms with E-state index in [9.17, 15) is 4.79 Å². The third-order valence-electron chi connectivity index (χ3n) is 3.87. The maximum absolute atomic E-state index is 11.3. The Kier molecular flexibility index (Phi) is 4.04. The Morgan fingerprint density at radius 3 is 2.53 bits per heavy atom. The molecule has 1 aliphatic carbocycles. The molecule has 0 aromatic carbocycles. The molecule has 4 N–H and O–H groups in total. The quantitative estimate of drug-likeness (QED) is 0.857. The number of amides is 1. The van der Waals surface area contributed by atoms with Gasteiger partial charge in [0.15, 0.2) is 0 Å². The Morgan fingerprint density at radius 1 is 1.32 bits per heavy atom. The average molecular weight is 262 g/mol. The largest absolute Gasteiger partial charge is 0.366 e. The van der Waals surface area contributed by atoms with Crippen LogP contribution in [0.1, 0.15) is 41.7 Å². The van der Waals surface area contributed by atoms with Crippen LogP contribution < -0.4 is 16.4 Å². The lowest BCUT2D eigenvalue weighted by atomic mass is 9.91. The van der Waals surface area contributed by atoms with Gasteiger partial charge in [0.1, 0.15) is 5.82 Å². The molecule has 0 atom stereocenters. The molecule has 0 radical (unpaired) electrons. The van der Waals surface area contributed by atoms with E-state index >= 15 is 0 Å².